The topological polar surface area (TPSA) is 69.7 Å². The number of carbonyl (C=O) groups excluding carboxylic acids is 1. The standard InChI is InChI=1S/C20H24FN3O3S/c1-15(16-3-9-19(10-4-16)28(2,26)27)22-20(25)24-13-11-23(12-14-24)18-7-5-17(21)6-8-18/h3-10,15H,11-14H2,1-2H3,(H,22,25). The zero-order valence-corrected chi connectivity index (χ0v) is 16.7. The molecule has 28 heavy (non-hydrogen) atoms. The fourth-order valence-electron chi connectivity index (χ4n) is 3.18. The van der Waals surface area contributed by atoms with Crippen LogP contribution in [0.4, 0.5) is 14.9 Å². The molecule has 6 nitrogen and oxygen atoms in total. The van der Waals surface area contributed by atoms with E-state index in [0.717, 1.165) is 11.3 Å². The van der Waals surface area contributed by atoms with E-state index in [-0.39, 0.29) is 22.8 Å². The quantitative estimate of drug-likeness (QED) is 0.849. The third kappa shape index (κ3) is 4.81. The van der Waals surface area contributed by atoms with E-state index in [4.69, 9.17) is 0 Å². The van der Waals surface area contributed by atoms with E-state index in [2.05, 4.69) is 10.2 Å². The number of carbonyl (C=O) groups is 1. The van der Waals surface area contributed by atoms with E-state index in [9.17, 15) is 17.6 Å². The summed E-state index contributed by atoms with van der Waals surface area (Å²) in [4.78, 5) is 16.7. The maximum atomic E-state index is 13.1. The number of nitrogens with zero attached hydrogens (tertiary/aromatic N) is 2. The average molecular weight is 405 g/mol. The van der Waals surface area contributed by atoms with Gasteiger partial charge >= 0.3 is 6.03 Å². The highest BCUT2D eigenvalue weighted by Gasteiger charge is 2.22. The van der Waals surface area contributed by atoms with Crippen molar-refractivity contribution in [2.45, 2.75) is 17.9 Å². The summed E-state index contributed by atoms with van der Waals surface area (Å²) in [5, 5.41) is 2.96. The normalized spacial score (nSPS) is 16.0. The lowest BCUT2D eigenvalue weighted by atomic mass is 10.1. The van der Waals surface area contributed by atoms with Gasteiger partial charge in [-0.2, -0.15) is 0 Å². The van der Waals surface area contributed by atoms with Crippen molar-refractivity contribution in [1.29, 1.82) is 0 Å². The Morgan fingerprint density at radius 1 is 1.00 bits per heavy atom. The summed E-state index contributed by atoms with van der Waals surface area (Å²) in [6.45, 7) is 4.36. The fraction of sp³-hybridized carbons (Fsp3) is 0.350. The van der Waals surface area contributed by atoms with Crippen molar-refractivity contribution in [3.8, 4) is 0 Å². The van der Waals surface area contributed by atoms with Gasteiger partial charge in [-0.05, 0) is 48.9 Å². The first-order chi connectivity index (χ1) is 13.2. The van der Waals surface area contributed by atoms with Gasteiger partial charge in [0.1, 0.15) is 5.82 Å². The summed E-state index contributed by atoms with van der Waals surface area (Å²) in [6.07, 6.45) is 1.17. The molecular formula is C20H24FN3O3S. The van der Waals surface area contributed by atoms with Crippen LogP contribution in [0.1, 0.15) is 18.5 Å². The average Bonchev–Trinajstić information content (AvgIpc) is 2.68. The molecule has 0 aromatic heterocycles. The summed E-state index contributed by atoms with van der Waals surface area (Å²) in [5.41, 5.74) is 1.78. The van der Waals surface area contributed by atoms with Gasteiger partial charge in [-0.1, -0.05) is 12.1 Å². The van der Waals surface area contributed by atoms with Crippen molar-refractivity contribution in [3.63, 3.8) is 0 Å². The highest BCUT2D eigenvalue weighted by atomic mass is 32.2. The molecule has 0 radical (unpaired) electrons. The zero-order chi connectivity index (χ0) is 20.3. The monoisotopic (exact) mass is 405 g/mol. The van der Waals surface area contributed by atoms with E-state index in [1.54, 1.807) is 41.3 Å². The first-order valence-electron chi connectivity index (χ1n) is 9.10. The Morgan fingerprint density at radius 2 is 1.57 bits per heavy atom. The van der Waals surface area contributed by atoms with Crippen LogP contribution in [0.15, 0.2) is 53.4 Å². The lowest BCUT2D eigenvalue weighted by Crippen LogP contribution is -2.52. The predicted molar refractivity (Wildman–Crippen MR) is 107 cm³/mol. The number of anilines is 1. The third-order valence-corrected chi connectivity index (χ3v) is 6.04. The number of piperazine rings is 1. The largest absolute Gasteiger partial charge is 0.368 e. The molecule has 1 N–H and O–H groups in total. The van der Waals surface area contributed by atoms with Crippen molar-refractivity contribution in [1.82, 2.24) is 10.2 Å². The van der Waals surface area contributed by atoms with Gasteiger partial charge in [0.25, 0.3) is 0 Å². The molecule has 0 saturated carbocycles. The van der Waals surface area contributed by atoms with Crippen LogP contribution in [0.3, 0.4) is 0 Å². The summed E-state index contributed by atoms with van der Waals surface area (Å²) >= 11 is 0. The summed E-state index contributed by atoms with van der Waals surface area (Å²) in [7, 11) is -3.24. The number of nitrogens with one attached hydrogen (secondary N) is 1. The lowest BCUT2D eigenvalue weighted by molar-refractivity contribution is 0.191. The molecule has 2 aromatic rings. The number of halogens is 1. The van der Waals surface area contributed by atoms with Gasteiger partial charge in [-0.25, -0.2) is 17.6 Å². The smallest absolute Gasteiger partial charge is 0.317 e. The molecule has 1 heterocycles. The Morgan fingerprint density at radius 3 is 2.11 bits per heavy atom. The molecule has 1 aliphatic rings. The van der Waals surface area contributed by atoms with Crippen molar-refractivity contribution < 1.29 is 17.6 Å². The molecular weight excluding hydrogens is 381 g/mol. The van der Waals surface area contributed by atoms with Crippen LogP contribution in [0, 0.1) is 5.82 Å². The van der Waals surface area contributed by atoms with E-state index < -0.39 is 9.84 Å². The van der Waals surface area contributed by atoms with E-state index in [0.29, 0.717) is 26.2 Å². The molecule has 2 amide bonds. The first kappa shape index (κ1) is 20.1. The van der Waals surface area contributed by atoms with Gasteiger partial charge in [0.15, 0.2) is 9.84 Å². The Labute approximate surface area is 164 Å². The first-order valence-corrected chi connectivity index (χ1v) is 11.0. The molecule has 0 aliphatic carbocycles. The maximum Gasteiger partial charge on any atom is 0.317 e. The van der Waals surface area contributed by atoms with Gasteiger partial charge in [0, 0.05) is 38.1 Å². The zero-order valence-electron chi connectivity index (χ0n) is 15.9. The third-order valence-electron chi connectivity index (χ3n) is 4.91. The molecule has 0 bridgehead atoms. The Kier molecular flexibility index (Phi) is 5.88. The fourth-order valence-corrected chi connectivity index (χ4v) is 3.81. The molecule has 2 aromatic carbocycles. The van der Waals surface area contributed by atoms with Crippen LogP contribution >= 0.6 is 0 Å². The van der Waals surface area contributed by atoms with Gasteiger partial charge in [0.05, 0.1) is 10.9 Å². The highest BCUT2D eigenvalue weighted by Crippen LogP contribution is 2.19. The lowest BCUT2D eigenvalue weighted by Gasteiger charge is -2.36. The molecule has 1 fully saturated rings. The summed E-state index contributed by atoms with van der Waals surface area (Å²) in [5.74, 6) is -0.264. The molecule has 8 heteroatoms. The van der Waals surface area contributed by atoms with Crippen molar-refractivity contribution >= 4 is 21.6 Å². The van der Waals surface area contributed by atoms with Crippen molar-refractivity contribution in [3.05, 3.63) is 59.9 Å². The van der Waals surface area contributed by atoms with Crippen LogP contribution in [0.25, 0.3) is 0 Å². The van der Waals surface area contributed by atoms with Crippen LogP contribution in [0.5, 0.6) is 0 Å². The van der Waals surface area contributed by atoms with Gasteiger partial charge in [0.2, 0.25) is 0 Å². The number of sulfone groups is 1. The van der Waals surface area contributed by atoms with Crippen LogP contribution in [-0.2, 0) is 9.84 Å². The van der Waals surface area contributed by atoms with Gasteiger partial charge < -0.3 is 15.1 Å². The van der Waals surface area contributed by atoms with Crippen molar-refractivity contribution in [2.24, 2.45) is 0 Å². The second-order valence-electron chi connectivity index (χ2n) is 6.96. The highest BCUT2D eigenvalue weighted by molar-refractivity contribution is 7.90. The number of hydrogen-bond donors (Lipinski definition) is 1. The molecule has 1 unspecified atom stereocenters. The molecule has 1 saturated heterocycles. The van der Waals surface area contributed by atoms with Crippen LogP contribution in [-0.4, -0.2) is 51.8 Å². The van der Waals surface area contributed by atoms with Gasteiger partial charge in [-0.3, -0.25) is 0 Å². The SMILES string of the molecule is CC(NC(=O)N1CCN(c2ccc(F)cc2)CC1)c1ccc(S(C)(=O)=O)cc1. The van der Waals surface area contributed by atoms with Crippen LogP contribution < -0.4 is 10.2 Å². The maximum absolute atomic E-state index is 13.1. The van der Waals surface area contributed by atoms with E-state index in [1.807, 2.05) is 6.92 Å². The molecule has 0 spiro atoms. The van der Waals surface area contributed by atoms with Gasteiger partial charge in [-0.15, -0.1) is 0 Å². The summed E-state index contributed by atoms with van der Waals surface area (Å²) < 4.78 is 36.1. The number of amides is 2. The molecule has 3 rings (SSSR count). The minimum atomic E-state index is -3.24. The van der Waals surface area contributed by atoms with E-state index >= 15 is 0 Å². The summed E-state index contributed by atoms with van der Waals surface area (Å²) in [6, 6.07) is 12.5. The Hall–Kier alpha value is -2.61. The molecule has 1 atom stereocenters. The second-order valence-corrected chi connectivity index (χ2v) is 8.98. The molecule has 1 aliphatic heterocycles. The number of benzene rings is 2. The number of hydrogen-bond acceptors (Lipinski definition) is 4. The minimum Gasteiger partial charge on any atom is -0.368 e. The van der Waals surface area contributed by atoms with Crippen LogP contribution in [0.2, 0.25) is 0 Å². The number of urea groups is 1. The van der Waals surface area contributed by atoms with E-state index in [1.165, 1.54) is 18.4 Å². The molecule has 150 valence electrons. The Balaban J connectivity index is 1.54. The number of rotatable bonds is 4. The minimum absolute atomic E-state index is 0.154. The second kappa shape index (κ2) is 8.18. The Bertz CT molecular complexity index is 922. The predicted octanol–water partition coefficient (Wildman–Crippen LogP) is 2.82. The van der Waals surface area contributed by atoms with Crippen molar-refractivity contribution in [2.75, 3.05) is 37.3 Å².